The van der Waals surface area contributed by atoms with Gasteiger partial charge in [-0.2, -0.15) is 0 Å². The number of para-hydroxylation sites is 1. The Morgan fingerprint density at radius 2 is 1.88 bits per heavy atom. The maximum atomic E-state index is 13.3. The van der Waals surface area contributed by atoms with E-state index in [0.29, 0.717) is 14.6 Å². The second-order valence-electron chi connectivity index (χ2n) is 6.62. The van der Waals surface area contributed by atoms with Crippen LogP contribution in [-0.2, 0) is 0 Å². The molecule has 4 nitrogen and oxygen atoms in total. The minimum atomic E-state index is -0.256. The molecule has 0 spiro atoms. The lowest BCUT2D eigenvalue weighted by molar-refractivity contribution is 0.0961. The van der Waals surface area contributed by atoms with Crippen LogP contribution in [0, 0.1) is 10.9 Å². The number of Topliss-reactive ketones (excluding diaryl/α,β-unsaturated/α-hetero) is 1. The van der Waals surface area contributed by atoms with Gasteiger partial charge in [-0.3, -0.25) is 9.36 Å². The molecule has 2 heterocycles. The number of rotatable bonds is 3. The molecule has 3 N–H and O–H groups in total. The second kappa shape index (κ2) is 6.37. The minimum absolute atomic E-state index is 0.0165. The summed E-state index contributed by atoms with van der Waals surface area (Å²) in [4.78, 5) is 13.9. The number of thiazole rings is 1. The van der Waals surface area contributed by atoms with Gasteiger partial charge in [0, 0.05) is 17.4 Å². The fourth-order valence-corrected chi connectivity index (χ4v) is 4.85. The normalized spacial score (nSPS) is 18.4. The fourth-order valence-electron chi connectivity index (χ4n) is 3.51. The van der Waals surface area contributed by atoms with Crippen LogP contribution >= 0.6 is 23.6 Å². The van der Waals surface area contributed by atoms with Crippen LogP contribution in [-0.4, -0.2) is 16.4 Å². The van der Waals surface area contributed by atoms with Crippen molar-refractivity contribution in [1.82, 2.24) is 4.57 Å². The fraction of sp³-hybridized carbons (Fsp3) is 0.200. The molecule has 1 aliphatic heterocycles. The maximum Gasteiger partial charge on any atom is 0.186 e. The van der Waals surface area contributed by atoms with Gasteiger partial charge in [-0.05, 0) is 49.8 Å². The molecule has 0 amide bonds. The summed E-state index contributed by atoms with van der Waals surface area (Å²) in [6, 6.07) is 15.9. The zero-order chi connectivity index (χ0) is 18.4. The summed E-state index contributed by atoms with van der Waals surface area (Å²) < 4.78 is 2.37. The lowest BCUT2D eigenvalue weighted by Gasteiger charge is -2.14. The van der Waals surface area contributed by atoms with Gasteiger partial charge in [-0.25, -0.2) is 0 Å². The quantitative estimate of drug-likeness (QED) is 0.498. The lowest BCUT2D eigenvalue weighted by atomic mass is 9.91. The molecule has 1 aliphatic rings. The Kier molecular flexibility index (Phi) is 4.17. The van der Waals surface area contributed by atoms with E-state index in [-0.39, 0.29) is 17.7 Å². The summed E-state index contributed by atoms with van der Waals surface area (Å²) in [5.41, 5.74) is 10.4. The molecule has 2 unspecified atom stereocenters. The Bertz CT molecular complexity index is 1050. The van der Waals surface area contributed by atoms with Crippen molar-refractivity contribution in [2.45, 2.75) is 25.8 Å². The highest BCUT2D eigenvalue weighted by atomic mass is 32.1. The zero-order valence-electron chi connectivity index (χ0n) is 14.5. The lowest BCUT2D eigenvalue weighted by Crippen LogP contribution is -2.24. The number of nitrogen functional groups attached to an aromatic ring is 1. The van der Waals surface area contributed by atoms with Gasteiger partial charge in [0.25, 0.3) is 0 Å². The van der Waals surface area contributed by atoms with Gasteiger partial charge in [0.1, 0.15) is 10.7 Å². The number of ketones is 1. The standard InChI is InChI=1S/C20H19N3OS2/c1-11-7-9-13(10-8-11)23-19(21)18(26-20(23)25)17(24)16-12(2)22-15-6-4-3-5-14(15)16/h3-10,12,16,22H,21H2,1-2H3. The number of aromatic nitrogens is 1. The van der Waals surface area contributed by atoms with Crippen molar-refractivity contribution in [1.29, 1.82) is 0 Å². The number of nitrogens with two attached hydrogens (primary N) is 1. The third kappa shape index (κ3) is 2.66. The first-order valence-electron chi connectivity index (χ1n) is 8.45. The van der Waals surface area contributed by atoms with Crippen molar-refractivity contribution in [3.8, 4) is 5.69 Å². The van der Waals surface area contributed by atoms with Gasteiger partial charge in [0.05, 0.1) is 5.92 Å². The Morgan fingerprint density at radius 1 is 1.19 bits per heavy atom. The zero-order valence-corrected chi connectivity index (χ0v) is 16.2. The summed E-state index contributed by atoms with van der Waals surface area (Å²) in [5.74, 6) is 0.188. The Morgan fingerprint density at radius 3 is 2.62 bits per heavy atom. The Balaban J connectivity index is 1.78. The second-order valence-corrected chi connectivity index (χ2v) is 8.26. The number of fused-ring (bicyclic) bond motifs is 1. The van der Waals surface area contributed by atoms with E-state index in [0.717, 1.165) is 22.5 Å². The molecule has 2 aromatic carbocycles. The van der Waals surface area contributed by atoms with Crippen molar-refractivity contribution < 1.29 is 4.79 Å². The first kappa shape index (κ1) is 17.0. The van der Waals surface area contributed by atoms with E-state index < -0.39 is 0 Å². The van der Waals surface area contributed by atoms with Crippen molar-refractivity contribution in [2.24, 2.45) is 0 Å². The van der Waals surface area contributed by atoms with Gasteiger partial charge < -0.3 is 11.1 Å². The summed E-state index contributed by atoms with van der Waals surface area (Å²) in [5, 5.41) is 3.39. The van der Waals surface area contributed by atoms with Gasteiger partial charge >= 0.3 is 0 Å². The first-order valence-corrected chi connectivity index (χ1v) is 9.68. The highest BCUT2D eigenvalue weighted by Crippen LogP contribution is 2.40. The van der Waals surface area contributed by atoms with Crippen molar-refractivity contribution in [3.63, 3.8) is 0 Å². The van der Waals surface area contributed by atoms with E-state index in [4.69, 9.17) is 18.0 Å². The highest BCUT2D eigenvalue weighted by Gasteiger charge is 2.36. The van der Waals surface area contributed by atoms with Crippen LogP contribution in [0.3, 0.4) is 0 Å². The van der Waals surface area contributed by atoms with Crippen LogP contribution in [0.1, 0.15) is 33.6 Å². The number of anilines is 2. The number of carbonyl (C=O) groups excluding carboxylic acids is 1. The number of nitrogens with zero attached hydrogens (tertiary/aromatic N) is 1. The molecular formula is C20H19N3OS2. The molecule has 0 saturated heterocycles. The SMILES string of the molecule is Cc1ccc(-n2c(N)c(C(=O)C3c4ccccc4NC3C)sc2=S)cc1. The minimum Gasteiger partial charge on any atom is -0.383 e. The van der Waals surface area contributed by atoms with Gasteiger partial charge in [0.2, 0.25) is 0 Å². The summed E-state index contributed by atoms with van der Waals surface area (Å²) >= 11 is 6.80. The number of aryl methyl sites for hydroxylation is 1. The van der Waals surface area contributed by atoms with Crippen LogP contribution in [0.2, 0.25) is 0 Å². The largest absolute Gasteiger partial charge is 0.383 e. The molecule has 0 fully saturated rings. The van der Waals surface area contributed by atoms with Crippen molar-refractivity contribution in [2.75, 3.05) is 11.1 Å². The third-order valence-electron chi connectivity index (χ3n) is 4.82. The van der Waals surface area contributed by atoms with Crippen LogP contribution in [0.5, 0.6) is 0 Å². The van der Waals surface area contributed by atoms with Gasteiger partial charge in [-0.1, -0.05) is 47.2 Å². The van der Waals surface area contributed by atoms with E-state index >= 15 is 0 Å². The summed E-state index contributed by atoms with van der Waals surface area (Å²) in [6.45, 7) is 4.05. The third-order valence-corrected chi connectivity index (χ3v) is 6.23. The molecule has 0 bridgehead atoms. The number of hydrogen-bond donors (Lipinski definition) is 2. The molecule has 0 saturated carbocycles. The Labute approximate surface area is 161 Å². The van der Waals surface area contributed by atoms with Crippen LogP contribution in [0.4, 0.5) is 11.5 Å². The Hall–Kier alpha value is -2.44. The van der Waals surface area contributed by atoms with Crippen molar-refractivity contribution >= 4 is 40.8 Å². The maximum absolute atomic E-state index is 13.3. The number of carbonyl (C=O) groups is 1. The summed E-state index contributed by atoms with van der Waals surface area (Å²) in [7, 11) is 0. The number of nitrogens with one attached hydrogen (secondary N) is 1. The van der Waals surface area contributed by atoms with Gasteiger partial charge in [-0.15, -0.1) is 0 Å². The molecule has 4 rings (SSSR count). The molecule has 0 aliphatic carbocycles. The van der Waals surface area contributed by atoms with E-state index in [1.807, 2.05) is 62.4 Å². The molecule has 6 heteroatoms. The van der Waals surface area contributed by atoms with Crippen LogP contribution < -0.4 is 11.1 Å². The smallest absolute Gasteiger partial charge is 0.186 e. The highest BCUT2D eigenvalue weighted by molar-refractivity contribution is 7.73. The predicted molar refractivity (Wildman–Crippen MR) is 110 cm³/mol. The molecule has 2 atom stereocenters. The van der Waals surface area contributed by atoms with Crippen LogP contribution in [0.25, 0.3) is 5.69 Å². The molecule has 0 radical (unpaired) electrons. The van der Waals surface area contributed by atoms with E-state index in [1.54, 1.807) is 4.57 Å². The molecule has 132 valence electrons. The average molecular weight is 382 g/mol. The topological polar surface area (TPSA) is 60.0 Å². The van der Waals surface area contributed by atoms with Crippen molar-refractivity contribution in [3.05, 3.63) is 68.5 Å². The molecule has 26 heavy (non-hydrogen) atoms. The number of benzene rings is 2. The monoisotopic (exact) mass is 381 g/mol. The molecular weight excluding hydrogens is 362 g/mol. The molecule has 1 aromatic heterocycles. The number of hydrogen-bond acceptors (Lipinski definition) is 5. The average Bonchev–Trinajstić information content (AvgIpc) is 3.11. The molecule has 3 aromatic rings. The first-order chi connectivity index (χ1) is 12.5. The predicted octanol–water partition coefficient (Wildman–Crippen LogP) is 4.94. The van der Waals surface area contributed by atoms with Crippen LogP contribution in [0.15, 0.2) is 48.5 Å². The van der Waals surface area contributed by atoms with E-state index in [2.05, 4.69) is 5.32 Å². The summed E-state index contributed by atoms with van der Waals surface area (Å²) in [6.07, 6.45) is 0. The van der Waals surface area contributed by atoms with Gasteiger partial charge in [0.15, 0.2) is 9.74 Å². The van der Waals surface area contributed by atoms with E-state index in [9.17, 15) is 4.79 Å². The van der Waals surface area contributed by atoms with E-state index in [1.165, 1.54) is 11.3 Å².